The van der Waals surface area contributed by atoms with Gasteiger partial charge in [-0.2, -0.15) is 0 Å². The molecule has 1 N–H and O–H groups in total. The molecule has 6 heteroatoms. The number of ether oxygens (including phenoxy) is 2. The highest BCUT2D eigenvalue weighted by Crippen LogP contribution is 2.36. The van der Waals surface area contributed by atoms with Crippen LogP contribution < -0.4 is 14.8 Å². The summed E-state index contributed by atoms with van der Waals surface area (Å²) in [7, 11) is 0. The number of rotatable bonds is 3. The number of carbonyl (C=O) groups excluding carboxylic acids is 2. The molecule has 0 saturated carbocycles. The van der Waals surface area contributed by atoms with E-state index in [1.807, 2.05) is 6.92 Å². The molecule has 1 saturated heterocycles. The lowest BCUT2D eigenvalue weighted by Crippen LogP contribution is -2.41. The van der Waals surface area contributed by atoms with E-state index >= 15 is 0 Å². The van der Waals surface area contributed by atoms with Crippen LogP contribution in [0.2, 0.25) is 0 Å². The van der Waals surface area contributed by atoms with Crippen LogP contribution in [0.1, 0.15) is 25.8 Å². The molecule has 3 amide bonds. The maximum absolute atomic E-state index is 12.6. The van der Waals surface area contributed by atoms with Crippen LogP contribution in [0.15, 0.2) is 18.2 Å². The predicted molar refractivity (Wildman–Crippen MR) is 75.3 cm³/mol. The Bertz CT molecular complexity index is 601. The number of carbonyl (C=O) groups is 2. The number of hydrogen-bond donors (Lipinski definition) is 1. The highest BCUT2D eigenvalue weighted by atomic mass is 16.6. The fraction of sp³-hybridized carbons (Fsp3) is 0.467. The highest BCUT2D eigenvalue weighted by Gasteiger charge is 2.48. The van der Waals surface area contributed by atoms with Gasteiger partial charge in [0, 0.05) is 6.54 Å². The van der Waals surface area contributed by atoms with Crippen molar-refractivity contribution in [1.82, 2.24) is 10.2 Å². The van der Waals surface area contributed by atoms with Crippen molar-refractivity contribution in [2.45, 2.75) is 25.8 Å². The monoisotopic (exact) mass is 290 g/mol. The van der Waals surface area contributed by atoms with E-state index in [1.165, 1.54) is 4.90 Å². The molecule has 0 aliphatic carbocycles. The normalized spacial score (nSPS) is 24.2. The fourth-order valence-electron chi connectivity index (χ4n) is 2.67. The number of hydrogen-bond acceptors (Lipinski definition) is 4. The molecule has 0 unspecified atom stereocenters. The second kappa shape index (κ2) is 4.95. The number of imide groups is 1. The van der Waals surface area contributed by atoms with E-state index in [9.17, 15) is 9.59 Å². The van der Waals surface area contributed by atoms with Crippen LogP contribution in [-0.2, 0) is 10.3 Å². The molecule has 2 aliphatic heterocycles. The van der Waals surface area contributed by atoms with Gasteiger partial charge in [0.05, 0.1) is 0 Å². The molecule has 0 spiro atoms. The van der Waals surface area contributed by atoms with Crippen LogP contribution in [0.3, 0.4) is 0 Å². The zero-order valence-corrected chi connectivity index (χ0v) is 12.1. The number of fused-ring (bicyclic) bond motifs is 1. The van der Waals surface area contributed by atoms with Gasteiger partial charge in [0.15, 0.2) is 11.5 Å². The molecule has 1 fully saturated rings. The Morgan fingerprint density at radius 2 is 1.95 bits per heavy atom. The lowest BCUT2D eigenvalue weighted by molar-refractivity contribution is -0.131. The minimum absolute atomic E-state index is 0.231. The van der Waals surface area contributed by atoms with Gasteiger partial charge in [-0.3, -0.25) is 9.69 Å². The van der Waals surface area contributed by atoms with E-state index in [1.54, 1.807) is 25.1 Å². The molecular weight excluding hydrogens is 272 g/mol. The average molecular weight is 290 g/mol. The summed E-state index contributed by atoms with van der Waals surface area (Å²) < 4.78 is 11.0. The molecule has 112 valence electrons. The molecule has 21 heavy (non-hydrogen) atoms. The largest absolute Gasteiger partial charge is 0.486 e. The molecule has 6 nitrogen and oxygen atoms in total. The Hall–Kier alpha value is -2.24. The third-order valence-electron chi connectivity index (χ3n) is 3.84. The second-order valence-electron chi connectivity index (χ2n) is 5.37. The van der Waals surface area contributed by atoms with Gasteiger partial charge >= 0.3 is 6.03 Å². The van der Waals surface area contributed by atoms with Gasteiger partial charge in [0.2, 0.25) is 0 Å². The summed E-state index contributed by atoms with van der Waals surface area (Å²) in [6.07, 6.45) is 0.733. The molecule has 2 aliphatic rings. The molecule has 3 rings (SSSR count). The minimum atomic E-state index is -1.05. The van der Waals surface area contributed by atoms with Gasteiger partial charge in [0.1, 0.15) is 18.8 Å². The fourth-order valence-corrected chi connectivity index (χ4v) is 2.67. The minimum Gasteiger partial charge on any atom is -0.486 e. The van der Waals surface area contributed by atoms with Crippen molar-refractivity contribution in [2.24, 2.45) is 0 Å². The number of urea groups is 1. The first kappa shape index (κ1) is 13.7. The van der Waals surface area contributed by atoms with E-state index in [4.69, 9.17) is 9.47 Å². The molecule has 2 heterocycles. The first-order valence-corrected chi connectivity index (χ1v) is 7.10. The van der Waals surface area contributed by atoms with Crippen LogP contribution in [0.5, 0.6) is 11.5 Å². The van der Waals surface area contributed by atoms with Gasteiger partial charge < -0.3 is 14.8 Å². The van der Waals surface area contributed by atoms with Gasteiger partial charge in [-0.15, -0.1) is 0 Å². The molecule has 1 aromatic carbocycles. The van der Waals surface area contributed by atoms with E-state index in [0.29, 0.717) is 36.8 Å². The summed E-state index contributed by atoms with van der Waals surface area (Å²) in [5.74, 6) is 1.04. The molecule has 0 aromatic heterocycles. The van der Waals surface area contributed by atoms with Gasteiger partial charge in [-0.1, -0.05) is 13.0 Å². The third-order valence-corrected chi connectivity index (χ3v) is 3.84. The Balaban J connectivity index is 1.96. The lowest BCUT2D eigenvalue weighted by Gasteiger charge is -2.25. The van der Waals surface area contributed by atoms with Crippen LogP contribution in [0.4, 0.5) is 4.79 Å². The first-order valence-electron chi connectivity index (χ1n) is 7.10. The molecule has 0 bridgehead atoms. The summed E-state index contributed by atoms with van der Waals surface area (Å²) in [6.45, 7) is 5.07. The number of benzene rings is 1. The van der Waals surface area contributed by atoms with Crippen LogP contribution in [-0.4, -0.2) is 36.6 Å². The summed E-state index contributed by atoms with van der Waals surface area (Å²) in [4.78, 5) is 25.8. The predicted octanol–water partition coefficient (Wildman–Crippen LogP) is 1.63. The Morgan fingerprint density at radius 1 is 1.24 bits per heavy atom. The van der Waals surface area contributed by atoms with Crippen molar-refractivity contribution < 1.29 is 19.1 Å². The van der Waals surface area contributed by atoms with Crippen molar-refractivity contribution in [3.8, 4) is 11.5 Å². The third kappa shape index (κ3) is 2.11. The lowest BCUT2D eigenvalue weighted by atomic mass is 9.91. The Kier molecular flexibility index (Phi) is 3.23. The summed E-state index contributed by atoms with van der Waals surface area (Å²) in [6, 6.07) is 4.99. The maximum Gasteiger partial charge on any atom is 0.325 e. The van der Waals surface area contributed by atoms with Crippen LogP contribution in [0.25, 0.3) is 0 Å². The molecule has 1 aromatic rings. The number of amides is 3. The number of nitrogens with one attached hydrogen (secondary N) is 1. The summed E-state index contributed by atoms with van der Waals surface area (Å²) in [5, 5.41) is 2.78. The smallest absolute Gasteiger partial charge is 0.325 e. The average Bonchev–Trinajstić information content (AvgIpc) is 2.71. The Labute approximate surface area is 123 Å². The van der Waals surface area contributed by atoms with Crippen LogP contribution >= 0.6 is 0 Å². The van der Waals surface area contributed by atoms with E-state index in [2.05, 4.69) is 5.32 Å². The topological polar surface area (TPSA) is 67.9 Å². The molecule has 1 atom stereocenters. The van der Waals surface area contributed by atoms with E-state index in [-0.39, 0.29) is 11.9 Å². The zero-order chi connectivity index (χ0) is 15.0. The van der Waals surface area contributed by atoms with Crippen molar-refractivity contribution >= 4 is 11.9 Å². The quantitative estimate of drug-likeness (QED) is 0.859. The highest BCUT2D eigenvalue weighted by molar-refractivity contribution is 6.07. The first-order chi connectivity index (χ1) is 10.1. The molecular formula is C15H18N2O4. The SMILES string of the molecule is CCCN1C(=O)N[C@@](C)(c2ccc3c(c2)OCCO3)C1=O. The Morgan fingerprint density at radius 3 is 2.67 bits per heavy atom. The van der Waals surface area contributed by atoms with E-state index < -0.39 is 5.54 Å². The summed E-state index contributed by atoms with van der Waals surface area (Å²) >= 11 is 0. The van der Waals surface area contributed by atoms with E-state index in [0.717, 1.165) is 6.42 Å². The van der Waals surface area contributed by atoms with Gasteiger partial charge in [-0.05, 0) is 31.0 Å². The van der Waals surface area contributed by atoms with Gasteiger partial charge in [0.25, 0.3) is 5.91 Å². The van der Waals surface area contributed by atoms with Crippen molar-refractivity contribution in [3.63, 3.8) is 0 Å². The van der Waals surface area contributed by atoms with Crippen molar-refractivity contribution in [3.05, 3.63) is 23.8 Å². The van der Waals surface area contributed by atoms with Crippen molar-refractivity contribution in [1.29, 1.82) is 0 Å². The number of nitrogens with zero attached hydrogens (tertiary/aromatic N) is 1. The van der Waals surface area contributed by atoms with Crippen molar-refractivity contribution in [2.75, 3.05) is 19.8 Å². The maximum atomic E-state index is 12.6. The van der Waals surface area contributed by atoms with Gasteiger partial charge in [-0.25, -0.2) is 4.79 Å². The second-order valence-corrected chi connectivity index (χ2v) is 5.37. The zero-order valence-electron chi connectivity index (χ0n) is 12.1. The standard InChI is InChI=1S/C15H18N2O4/c1-3-6-17-13(18)15(2,16-14(17)19)10-4-5-11-12(9-10)21-8-7-20-11/h4-5,9H,3,6-8H2,1-2H3,(H,16,19)/t15-/m0/s1. The summed E-state index contributed by atoms with van der Waals surface area (Å²) in [5.41, 5.74) is -0.356. The van der Waals surface area contributed by atoms with Crippen LogP contribution in [0, 0.1) is 0 Å². The molecule has 0 radical (unpaired) electrons.